The van der Waals surface area contributed by atoms with E-state index in [1.54, 1.807) is 7.11 Å². The van der Waals surface area contributed by atoms with E-state index in [4.69, 9.17) is 9.47 Å². The third kappa shape index (κ3) is 3.73. The number of methoxy groups -OCH3 is 1. The van der Waals surface area contributed by atoms with Gasteiger partial charge in [0.2, 0.25) is 0 Å². The molecule has 4 nitrogen and oxygen atoms in total. The summed E-state index contributed by atoms with van der Waals surface area (Å²) in [5.74, 6) is 1.57. The molecule has 4 rings (SSSR count). The number of nitrogens with one attached hydrogen (secondary N) is 1. The van der Waals surface area contributed by atoms with Crippen LogP contribution in [-0.2, 0) is 10.3 Å². The topological polar surface area (TPSA) is 33.7 Å². The second-order valence-electron chi connectivity index (χ2n) is 8.19. The minimum absolute atomic E-state index is 0.0589. The van der Waals surface area contributed by atoms with E-state index in [2.05, 4.69) is 78.5 Å². The number of benzene rings is 2. The minimum Gasteiger partial charge on any atom is -0.493 e. The van der Waals surface area contributed by atoms with Crippen molar-refractivity contribution >= 4 is 0 Å². The maximum atomic E-state index is 6.23. The fraction of sp³-hybridized carbons (Fsp3) is 0.440. The number of rotatable bonds is 6. The van der Waals surface area contributed by atoms with Crippen LogP contribution in [0.15, 0.2) is 61.2 Å². The summed E-state index contributed by atoms with van der Waals surface area (Å²) in [4.78, 5) is 2.34. The minimum atomic E-state index is -0.403. The van der Waals surface area contributed by atoms with E-state index in [-0.39, 0.29) is 6.10 Å². The maximum absolute atomic E-state index is 6.23. The molecule has 0 radical (unpaired) electrons. The van der Waals surface area contributed by atoms with Gasteiger partial charge in [0.15, 0.2) is 0 Å². The van der Waals surface area contributed by atoms with Crippen molar-refractivity contribution in [1.82, 2.24) is 10.2 Å². The van der Waals surface area contributed by atoms with Crippen LogP contribution in [0.5, 0.6) is 5.75 Å². The molecule has 0 saturated carbocycles. The van der Waals surface area contributed by atoms with Crippen LogP contribution < -0.4 is 10.1 Å². The van der Waals surface area contributed by atoms with Crippen molar-refractivity contribution in [1.29, 1.82) is 0 Å². The van der Waals surface area contributed by atoms with Gasteiger partial charge < -0.3 is 14.8 Å². The van der Waals surface area contributed by atoms with Crippen LogP contribution in [0, 0.1) is 5.92 Å². The first-order valence-electron chi connectivity index (χ1n) is 10.6. The SMILES string of the molecule is C=CC1(c2cccc(OCC3CCNCC3)c2)c2ccccc2C(OC)CN1C. The zero-order chi connectivity index (χ0) is 20.3. The lowest BCUT2D eigenvalue weighted by molar-refractivity contribution is 0.0321. The molecule has 1 N–H and O–H groups in total. The Kier molecular flexibility index (Phi) is 6.04. The van der Waals surface area contributed by atoms with Crippen LogP contribution in [0.3, 0.4) is 0 Å². The average molecular weight is 393 g/mol. The molecule has 4 heteroatoms. The Bertz CT molecular complexity index is 846. The monoisotopic (exact) mass is 392 g/mol. The Morgan fingerprint density at radius 1 is 1.17 bits per heavy atom. The lowest BCUT2D eigenvalue weighted by Crippen LogP contribution is -2.49. The normalized spacial score (nSPS) is 25.4. The number of likely N-dealkylation sites (N-methyl/N-ethyl adjacent to an activating group) is 1. The summed E-state index contributed by atoms with van der Waals surface area (Å²) in [6.07, 6.45) is 4.49. The Balaban J connectivity index is 1.67. The van der Waals surface area contributed by atoms with Crippen LogP contribution in [-0.4, -0.2) is 45.3 Å². The molecule has 2 aromatic carbocycles. The number of hydrogen-bond acceptors (Lipinski definition) is 4. The molecule has 1 saturated heterocycles. The molecule has 2 unspecified atom stereocenters. The molecule has 2 heterocycles. The maximum Gasteiger partial charge on any atom is 0.119 e. The summed E-state index contributed by atoms with van der Waals surface area (Å²) in [5.41, 5.74) is 3.24. The van der Waals surface area contributed by atoms with Crippen molar-refractivity contribution in [3.05, 3.63) is 77.9 Å². The van der Waals surface area contributed by atoms with Gasteiger partial charge in [0, 0.05) is 13.7 Å². The van der Waals surface area contributed by atoms with Gasteiger partial charge in [-0.2, -0.15) is 0 Å². The zero-order valence-electron chi connectivity index (χ0n) is 17.6. The van der Waals surface area contributed by atoms with Crippen LogP contribution in [0.1, 0.15) is 35.6 Å². The lowest BCUT2D eigenvalue weighted by atomic mass is 9.75. The molecule has 154 valence electrons. The molecule has 0 aliphatic carbocycles. The van der Waals surface area contributed by atoms with E-state index < -0.39 is 5.54 Å². The first-order valence-corrected chi connectivity index (χ1v) is 10.6. The van der Waals surface area contributed by atoms with Crippen molar-refractivity contribution in [3.8, 4) is 5.75 Å². The van der Waals surface area contributed by atoms with Gasteiger partial charge in [0.25, 0.3) is 0 Å². The molecule has 2 aromatic rings. The second-order valence-corrected chi connectivity index (χ2v) is 8.19. The van der Waals surface area contributed by atoms with Gasteiger partial charge in [0.05, 0.1) is 18.2 Å². The Morgan fingerprint density at radius 2 is 1.97 bits per heavy atom. The number of fused-ring (bicyclic) bond motifs is 1. The molecule has 0 spiro atoms. The van der Waals surface area contributed by atoms with E-state index in [9.17, 15) is 0 Å². The molecule has 0 aromatic heterocycles. The number of piperidine rings is 1. The summed E-state index contributed by atoms with van der Waals surface area (Å²) in [7, 11) is 3.93. The van der Waals surface area contributed by atoms with Crippen molar-refractivity contribution in [3.63, 3.8) is 0 Å². The van der Waals surface area contributed by atoms with Crippen LogP contribution in [0.2, 0.25) is 0 Å². The molecule has 1 fully saturated rings. The van der Waals surface area contributed by atoms with E-state index in [0.717, 1.165) is 32.0 Å². The fourth-order valence-corrected chi connectivity index (χ4v) is 4.87. The molecule has 0 amide bonds. The van der Waals surface area contributed by atoms with Gasteiger partial charge in [-0.3, -0.25) is 4.90 Å². The van der Waals surface area contributed by atoms with Crippen molar-refractivity contribution in [2.24, 2.45) is 5.92 Å². The van der Waals surface area contributed by atoms with Gasteiger partial charge in [-0.1, -0.05) is 42.5 Å². The molecular weight excluding hydrogens is 360 g/mol. The summed E-state index contributed by atoms with van der Waals surface area (Å²) in [5, 5.41) is 3.42. The van der Waals surface area contributed by atoms with E-state index >= 15 is 0 Å². The van der Waals surface area contributed by atoms with E-state index in [1.807, 2.05) is 0 Å². The van der Waals surface area contributed by atoms with Crippen molar-refractivity contribution in [2.75, 3.05) is 40.4 Å². The van der Waals surface area contributed by atoms with Gasteiger partial charge in [0.1, 0.15) is 5.75 Å². The second kappa shape index (κ2) is 8.70. The highest BCUT2D eigenvalue weighted by Crippen LogP contribution is 2.45. The summed E-state index contributed by atoms with van der Waals surface area (Å²) < 4.78 is 12.0. The van der Waals surface area contributed by atoms with Gasteiger partial charge in [-0.15, -0.1) is 6.58 Å². The third-order valence-corrected chi connectivity index (χ3v) is 6.56. The molecule has 2 aliphatic heterocycles. The zero-order valence-corrected chi connectivity index (χ0v) is 17.6. The molecule has 29 heavy (non-hydrogen) atoms. The highest BCUT2D eigenvalue weighted by molar-refractivity contribution is 5.51. The average Bonchev–Trinajstić information content (AvgIpc) is 2.78. The van der Waals surface area contributed by atoms with Crippen molar-refractivity contribution < 1.29 is 9.47 Å². The lowest BCUT2D eigenvalue weighted by Gasteiger charge is -2.47. The highest BCUT2D eigenvalue weighted by atomic mass is 16.5. The molecule has 2 atom stereocenters. The predicted molar refractivity (Wildman–Crippen MR) is 117 cm³/mol. The number of ether oxygens (including phenoxy) is 2. The predicted octanol–water partition coefficient (Wildman–Crippen LogP) is 4.13. The number of hydrogen-bond donors (Lipinski definition) is 1. The van der Waals surface area contributed by atoms with Crippen molar-refractivity contribution in [2.45, 2.75) is 24.5 Å². The van der Waals surface area contributed by atoms with Crippen LogP contribution >= 0.6 is 0 Å². The van der Waals surface area contributed by atoms with Gasteiger partial charge in [-0.05, 0) is 67.7 Å². The highest BCUT2D eigenvalue weighted by Gasteiger charge is 2.43. The summed E-state index contributed by atoms with van der Waals surface area (Å²) in [6.45, 7) is 8.03. The molecule has 2 aliphatic rings. The first kappa shape index (κ1) is 20.1. The third-order valence-electron chi connectivity index (χ3n) is 6.56. The Labute approximate surface area is 174 Å². The largest absolute Gasteiger partial charge is 0.493 e. The molecule has 0 bridgehead atoms. The fourth-order valence-electron chi connectivity index (χ4n) is 4.87. The van der Waals surface area contributed by atoms with E-state index in [0.29, 0.717) is 5.92 Å². The van der Waals surface area contributed by atoms with E-state index in [1.165, 1.54) is 29.5 Å². The van der Waals surface area contributed by atoms with Gasteiger partial charge in [-0.25, -0.2) is 0 Å². The summed E-state index contributed by atoms with van der Waals surface area (Å²) >= 11 is 0. The van der Waals surface area contributed by atoms with Gasteiger partial charge >= 0.3 is 0 Å². The standard InChI is InChI=1S/C25H32N2O2/c1-4-25(23-11-6-5-10-22(23)24(28-3)17-27(25)2)20-8-7-9-21(16-20)29-18-19-12-14-26-15-13-19/h4-11,16,19,24,26H,1,12-15,17-18H2,2-3H3. The number of nitrogens with zero attached hydrogens (tertiary/aromatic N) is 1. The summed E-state index contributed by atoms with van der Waals surface area (Å²) in [6, 6.07) is 17.1. The quantitative estimate of drug-likeness (QED) is 0.750. The Morgan fingerprint density at radius 3 is 2.72 bits per heavy atom. The smallest absolute Gasteiger partial charge is 0.119 e. The van der Waals surface area contributed by atoms with Crippen LogP contribution in [0.4, 0.5) is 0 Å². The first-order chi connectivity index (χ1) is 14.2. The Hall–Kier alpha value is -2.14. The van der Waals surface area contributed by atoms with Crippen LogP contribution in [0.25, 0.3) is 0 Å². The molecular formula is C25H32N2O2.